The van der Waals surface area contributed by atoms with Gasteiger partial charge >= 0.3 is 0 Å². The zero-order valence-corrected chi connectivity index (χ0v) is 18.0. The molecule has 1 unspecified atom stereocenters. The van der Waals surface area contributed by atoms with Crippen molar-refractivity contribution in [3.63, 3.8) is 0 Å². The summed E-state index contributed by atoms with van der Waals surface area (Å²) in [6.45, 7) is 4.61. The molecule has 1 amide bonds. The molecule has 6 rings (SSSR count). The number of hydrogen-bond acceptors (Lipinski definition) is 2. The first-order valence-corrected chi connectivity index (χ1v) is 10.9. The number of nitriles is 1. The second kappa shape index (κ2) is 6.45. The van der Waals surface area contributed by atoms with Crippen molar-refractivity contribution in [3.8, 4) is 6.07 Å². The van der Waals surface area contributed by atoms with Crippen LogP contribution in [0.3, 0.4) is 0 Å². The van der Waals surface area contributed by atoms with E-state index < -0.39 is 5.41 Å². The molecule has 0 saturated carbocycles. The van der Waals surface area contributed by atoms with Crippen molar-refractivity contribution in [2.24, 2.45) is 0 Å². The minimum Gasteiger partial charge on any atom is -0.311 e. The zero-order valence-electron chi connectivity index (χ0n) is 18.0. The highest BCUT2D eigenvalue weighted by atomic mass is 16.2. The van der Waals surface area contributed by atoms with Crippen molar-refractivity contribution in [3.05, 3.63) is 107 Å². The van der Waals surface area contributed by atoms with E-state index >= 15 is 0 Å². The molecule has 2 aliphatic heterocycles. The van der Waals surface area contributed by atoms with Gasteiger partial charge in [0.25, 0.3) is 0 Å². The zero-order chi connectivity index (χ0) is 22.0. The number of para-hydroxylation sites is 2. The Morgan fingerprint density at radius 3 is 2.38 bits per heavy atom. The Kier molecular flexibility index (Phi) is 3.76. The van der Waals surface area contributed by atoms with E-state index in [0.717, 1.165) is 44.7 Å². The number of fused-ring (bicyclic) bond motifs is 6. The average Bonchev–Trinajstić information content (AvgIpc) is 3.40. The van der Waals surface area contributed by atoms with E-state index in [1.807, 2.05) is 78.6 Å². The molecule has 0 N–H and O–H groups in total. The van der Waals surface area contributed by atoms with E-state index in [4.69, 9.17) is 0 Å². The number of rotatable bonds is 2. The van der Waals surface area contributed by atoms with Gasteiger partial charge in [0.2, 0.25) is 5.91 Å². The minimum absolute atomic E-state index is 0.0455. The fourth-order valence-corrected chi connectivity index (χ4v) is 5.73. The Morgan fingerprint density at radius 2 is 1.62 bits per heavy atom. The van der Waals surface area contributed by atoms with Gasteiger partial charge in [0.15, 0.2) is 5.41 Å². The molecule has 3 heterocycles. The molecule has 4 heteroatoms. The van der Waals surface area contributed by atoms with Crippen LogP contribution in [0.25, 0.3) is 16.6 Å². The summed E-state index contributed by atoms with van der Waals surface area (Å²) < 4.78 is 2.16. The maximum atomic E-state index is 14.3. The highest BCUT2D eigenvalue weighted by Crippen LogP contribution is 2.58. The summed E-state index contributed by atoms with van der Waals surface area (Å²) in [6.07, 6.45) is 0. The van der Waals surface area contributed by atoms with E-state index in [1.54, 1.807) is 0 Å². The molecule has 32 heavy (non-hydrogen) atoms. The summed E-state index contributed by atoms with van der Waals surface area (Å²) in [5, 5.41) is 11.7. The third kappa shape index (κ3) is 1.99. The predicted molar refractivity (Wildman–Crippen MR) is 126 cm³/mol. The number of hydrogen-bond donors (Lipinski definition) is 0. The molecule has 0 radical (unpaired) electrons. The van der Waals surface area contributed by atoms with Crippen LogP contribution in [0.4, 0.5) is 5.69 Å². The predicted octanol–water partition coefficient (Wildman–Crippen LogP) is 5.40. The second-order valence-corrected chi connectivity index (χ2v) is 8.34. The molecule has 1 atom stereocenters. The summed E-state index contributed by atoms with van der Waals surface area (Å²) in [4.78, 5) is 16.1. The summed E-state index contributed by atoms with van der Waals surface area (Å²) >= 11 is 0. The fraction of sp³-hybridized carbons (Fsp3) is 0.143. The molecule has 0 fully saturated rings. The summed E-state index contributed by atoms with van der Waals surface area (Å²) in [5.74, 6) is -0.0455. The van der Waals surface area contributed by atoms with Gasteiger partial charge in [-0.2, -0.15) is 5.26 Å². The molecule has 0 aliphatic carbocycles. The monoisotopic (exact) mass is 415 g/mol. The van der Waals surface area contributed by atoms with Crippen LogP contribution < -0.4 is 4.90 Å². The van der Waals surface area contributed by atoms with E-state index in [2.05, 4.69) is 29.7 Å². The van der Waals surface area contributed by atoms with E-state index in [-0.39, 0.29) is 5.91 Å². The smallest absolute Gasteiger partial charge is 0.249 e. The van der Waals surface area contributed by atoms with Crippen LogP contribution in [-0.4, -0.2) is 17.0 Å². The summed E-state index contributed by atoms with van der Waals surface area (Å²) in [6, 6.07) is 28.6. The molecule has 1 spiro atoms. The molecular weight excluding hydrogens is 394 g/mol. The first-order chi connectivity index (χ1) is 15.7. The Labute approximate surface area is 186 Å². The highest BCUT2D eigenvalue weighted by Gasteiger charge is 2.61. The number of aromatic nitrogens is 1. The van der Waals surface area contributed by atoms with Crippen LogP contribution in [-0.2, 0) is 10.2 Å². The molecular formula is C28H21N3O. The maximum absolute atomic E-state index is 14.3. The minimum atomic E-state index is -1.14. The Balaban J connectivity index is 1.87. The third-order valence-electron chi connectivity index (χ3n) is 6.96. The van der Waals surface area contributed by atoms with E-state index in [9.17, 15) is 10.1 Å². The number of anilines is 1. The van der Waals surface area contributed by atoms with Crippen molar-refractivity contribution < 1.29 is 4.79 Å². The van der Waals surface area contributed by atoms with Crippen molar-refractivity contribution in [1.29, 1.82) is 5.26 Å². The first-order valence-electron chi connectivity index (χ1n) is 10.9. The molecule has 0 bridgehead atoms. The maximum Gasteiger partial charge on any atom is 0.249 e. The SMILES string of the molecule is CCN1C(=O)C2(C(C#N)=C(c3ccccc3)n3c2c(C)c2ccccc23)c2ccccc21. The van der Waals surface area contributed by atoms with Crippen LogP contribution in [0, 0.1) is 18.3 Å². The van der Waals surface area contributed by atoms with Gasteiger partial charge in [-0.1, -0.05) is 66.7 Å². The Hall–Kier alpha value is -4.10. The molecule has 4 nitrogen and oxygen atoms in total. The normalized spacial score (nSPS) is 19.0. The van der Waals surface area contributed by atoms with Gasteiger partial charge < -0.3 is 9.47 Å². The molecule has 1 aromatic heterocycles. The molecule has 0 saturated heterocycles. The lowest BCUT2D eigenvalue weighted by molar-refractivity contribution is -0.120. The van der Waals surface area contributed by atoms with Crippen LogP contribution in [0.1, 0.15) is 29.3 Å². The fourth-order valence-electron chi connectivity index (χ4n) is 5.73. The first kappa shape index (κ1) is 18.7. The Bertz CT molecular complexity index is 1500. The number of aryl methyl sites for hydroxylation is 1. The van der Waals surface area contributed by atoms with Crippen molar-refractivity contribution in [2.75, 3.05) is 11.4 Å². The van der Waals surface area contributed by atoms with Crippen molar-refractivity contribution in [2.45, 2.75) is 19.3 Å². The van der Waals surface area contributed by atoms with Gasteiger partial charge in [-0.3, -0.25) is 4.79 Å². The van der Waals surface area contributed by atoms with E-state index in [1.165, 1.54) is 0 Å². The van der Waals surface area contributed by atoms with Gasteiger partial charge in [-0.25, -0.2) is 0 Å². The number of carbonyl (C=O) groups excluding carboxylic acids is 1. The van der Waals surface area contributed by atoms with Crippen LogP contribution >= 0.6 is 0 Å². The molecule has 3 aromatic carbocycles. The largest absolute Gasteiger partial charge is 0.311 e. The van der Waals surface area contributed by atoms with E-state index in [0.29, 0.717) is 12.1 Å². The lowest BCUT2D eigenvalue weighted by atomic mass is 9.72. The van der Waals surface area contributed by atoms with Crippen LogP contribution in [0.15, 0.2) is 84.4 Å². The molecule has 4 aromatic rings. The number of carbonyl (C=O) groups is 1. The quantitative estimate of drug-likeness (QED) is 0.440. The lowest BCUT2D eigenvalue weighted by Crippen LogP contribution is -2.42. The highest BCUT2D eigenvalue weighted by molar-refractivity contribution is 6.17. The van der Waals surface area contributed by atoms with Crippen LogP contribution in [0.5, 0.6) is 0 Å². The van der Waals surface area contributed by atoms with Gasteiger partial charge in [0.05, 0.1) is 28.5 Å². The second-order valence-electron chi connectivity index (χ2n) is 8.34. The molecule has 2 aliphatic rings. The molecule has 154 valence electrons. The number of amides is 1. The Morgan fingerprint density at radius 1 is 0.938 bits per heavy atom. The number of likely N-dealkylation sites (N-methyl/N-ethyl adjacent to an activating group) is 1. The van der Waals surface area contributed by atoms with Gasteiger partial charge in [0, 0.05) is 23.2 Å². The summed E-state index contributed by atoms with van der Waals surface area (Å²) in [7, 11) is 0. The number of nitrogens with zero attached hydrogens (tertiary/aromatic N) is 3. The number of benzene rings is 3. The standard InChI is InChI=1S/C28H21N3O/c1-3-30-24-16-10-8-14-21(24)28(27(30)32)22(17-29)25(19-11-5-4-6-12-19)31-23-15-9-7-13-20(23)18(2)26(28)31/h4-16H,3H2,1-2H3. The van der Waals surface area contributed by atoms with Gasteiger partial charge in [0.1, 0.15) is 0 Å². The summed E-state index contributed by atoms with van der Waals surface area (Å²) in [5.41, 5.74) is 5.82. The lowest BCUT2D eigenvalue weighted by Gasteiger charge is -2.25. The van der Waals surface area contributed by atoms with Gasteiger partial charge in [-0.05, 0) is 37.1 Å². The average molecular weight is 415 g/mol. The topological polar surface area (TPSA) is 49.0 Å². The third-order valence-corrected chi connectivity index (χ3v) is 6.96. The van der Waals surface area contributed by atoms with Gasteiger partial charge in [-0.15, -0.1) is 0 Å². The van der Waals surface area contributed by atoms with Crippen molar-refractivity contribution >= 4 is 28.2 Å². The van der Waals surface area contributed by atoms with Crippen molar-refractivity contribution in [1.82, 2.24) is 4.57 Å². The van der Waals surface area contributed by atoms with Crippen LogP contribution in [0.2, 0.25) is 0 Å².